The van der Waals surface area contributed by atoms with E-state index in [1.165, 1.54) is 0 Å². The van der Waals surface area contributed by atoms with Crippen LogP contribution in [0.4, 0.5) is 17.3 Å². The lowest BCUT2D eigenvalue weighted by Gasteiger charge is -2.27. The van der Waals surface area contributed by atoms with Crippen LogP contribution in [0.3, 0.4) is 0 Å². The molecule has 1 fully saturated rings. The molecule has 0 saturated carbocycles. The predicted molar refractivity (Wildman–Crippen MR) is 91.8 cm³/mol. The second kappa shape index (κ2) is 7.06. The van der Waals surface area contributed by atoms with Gasteiger partial charge >= 0.3 is 0 Å². The van der Waals surface area contributed by atoms with Gasteiger partial charge in [0.25, 0.3) is 0 Å². The quantitative estimate of drug-likeness (QED) is 0.508. The summed E-state index contributed by atoms with van der Waals surface area (Å²) in [6, 6.07) is 9.51. The van der Waals surface area contributed by atoms with E-state index >= 15 is 0 Å². The molecule has 1 aromatic carbocycles. The molecule has 0 spiro atoms. The van der Waals surface area contributed by atoms with Gasteiger partial charge in [-0.2, -0.15) is 5.10 Å². The third kappa shape index (κ3) is 3.95. The van der Waals surface area contributed by atoms with Gasteiger partial charge in [-0.25, -0.2) is 9.97 Å². The largest absolute Gasteiger partial charge is 0.399 e. The highest BCUT2D eigenvalue weighted by Crippen LogP contribution is 2.15. The Bertz CT molecular complexity index is 696. The Morgan fingerprint density at radius 2 is 2.09 bits per heavy atom. The number of ether oxygens (including phenoxy) is 1. The molecule has 0 unspecified atom stereocenters. The van der Waals surface area contributed by atoms with Crippen molar-refractivity contribution in [3.05, 3.63) is 42.2 Å². The minimum Gasteiger partial charge on any atom is -0.399 e. The molecule has 0 aliphatic carbocycles. The molecule has 0 radical (unpaired) electrons. The van der Waals surface area contributed by atoms with Gasteiger partial charge in [-0.15, -0.1) is 0 Å². The van der Waals surface area contributed by atoms with E-state index in [1.807, 2.05) is 37.3 Å². The van der Waals surface area contributed by atoms with Crippen LogP contribution in [0.15, 0.2) is 41.8 Å². The van der Waals surface area contributed by atoms with Crippen LogP contribution in [0, 0.1) is 0 Å². The minimum absolute atomic E-state index is 0.657. The summed E-state index contributed by atoms with van der Waals surface area (Å²) in [5.41, 5.74) is 11.3. The van der Waals surface area contributed by atoms with Gasteiger partial charge in [0, 0.05) is 24.8 Å². The molecule has 0 atom stereocenters. The Hall–Kier alpha value is -2.67. The van der Waals surface area contributed by atoms with Gasteiger partial charge in [0.2, 0.25) is 0 Å². The van der Waals surface area contributed by atoms with Crippen molar-refractivity contribution in [2.45, 2.75) is 6.92 Å². The normalized spacial score (nSPS) is 15.5. The molecule has 1 aromatic heterocycles. The lowest BCUT2D eigenvalue weighted by Crippen LogP contribution is -2.36. The molecule has 7 heteroatoms. The molecule has 3 rings (SSSR count). The number of morpholine rings is 1. The standard InChI is InChI=1S/C16H20N6O/c1-12(13-3-2-4-14(17)9-13)20-21-15-10-16(19-11-18-15)22-5-7-23-8-6-22/h2-4,9-11H,5-8,17H2,1H3,(H,18,19,21)/b20-12+. The Kier molecular flexibility index (Phi) is 4.68. The Morgan fingerprint density at radius 3 is 2.87 bits per heavy atom. The van der Waals surface area contributed by atoms with Gasteiger partial charge < -0.3 is 15.4 Å². The van der Waals surface area contributed by atoms with Crippen molar-refractivity contribution in [2.75, 3.05) is 42.4 Å². The molecule has 1 aliphatic heterocycles. The van der Waals surface area contributed by atoms with E-state index in [9.17, 15) is 0 Å². The highest BCUT2D eigenvalue weighted by Gasteiger charge is 2.12. The van der Waals surface area contributed by atoms with E-state index in [1.54, 1.807) is 6.33 Å². The number of rotatable bonds is 4. The third-order valence-corrected chi connectivity index (χ3v) is 3.63. The molecule has 120 valence electrons. The summed E-state index contributed by atoms with van der Waals surface area (Å²) in [5.74, 6) is 1.53. The van der Waals surface area contributed by atoms with Crippen molar-refractivity contribution in [2.24, 2.45) is 5.10 Å². The number of anilines is 3. The first kappa shape index (κ1) is 15.2. The Balaban J connectivity index is 1.71. The molecule has 7 nitrogen and oxygen atoms in total. The minimum atomic E-state index is 0.657. The van der Waals surface area contributed by atoms with Crippen molar-refractivity contribution in [1.82, 2.24) is 9.97 Å². The fraction of sp³-hybridized carbons (Fsp3) is 0.312. The highest BCUT2D eigenvalue weighted by molar-refractivity contribution is 5.99. The second-order valence-electron chi connectivity index (χ2n) is 5.30. The van der Waals surface area contributed by atoms with Crippen molar-refractivity contribution >= 4 is 23.0 Å². The average Bonchev–Trinajstić information content (AvgIpc) is 2.61. The van der Waals surface area contributed by atoms with Gasteiger partial charge in [0.05, 0.1) is 18.9 Å². The van der Waals surface area contributed by atoms with E-state index in [-0.39, 0.29) is 0 Å². The highest BCUT2D eigenvalue weighted by atomic mass is 16.5. The lowest BCUT2D eigenvalue weighted by atomic mass is 10.1. The number of hydrazone groups is 1. The van der Waals surface area contributed by atoms with Gasteiger partial charge in [0.1, 0.15) is 12.1 Å². The molecular formula is C16H20N6O. The molecule has 2 aromatic rings. The first-order valence-electron chi connectivity index (χ1n) is 7.53. The number of nitrogen functional groups attached to an aromatic ring is 1. The fourth-order valence-electron chi connectivity index (χ4n) is 2.34. The summed E-state index contributed by atoms with van der Waals surface area (Å²) in [4.78, 5) is 10.7. The Morgan fingerprint density at radius 1 is 1.26 bits per heavy atom. The maximum absolute atomic E-state index is 5.79. The molecule has 0 amide bonds. The summed E-state index contributed by atoms with van der Waals surface area (Å²) in [6.07, 6.45) is 1.54. The predicted octanol–water partition coefficient (Wildman–Crippen LogP) is 1.73. The summed E-state index contributed by atoms with van der Waals surface area (Å²) in [7, 11) is 0. The van der Waals surface area contributed by atoms with E-state index in [0.29, 0.717) is 11.5 Å². The molecule has 1 saturated heterocycles. The molecule has 3 N–H and O–H groups in total. The van der Waals surface area contributed by atoms with Gasteiger partial charge in [-0.1, -0.05) is 12.1 Å². The van der Waals surface area contributed by atoms with Crippen LogP contribution in [-0.4, -0.2) is 42.0 Å². The average molecular weight is 312 g/mol. The van der Waals surface area contributed by atoms with Crippen LogP contribution < -0.4 is 16.1 Å². The van der Waals surface area contributed by atoms with Gasteiger partial charge in [-0.05, 0) is 24.6 Å². The molecular weight excluding hydrogens is 292 g/mol. The van der Waals surface area contributed by atoms with Gasteiger partial charge in [0.15, 0.2) is 5.82 Å². The number of benzene rings is 1. The van der Waals surface area contributed by atoms with Gasteiger partial charge in [-0.3, -0.25) is 5.43 Å². The monoisotopic (exact) mass is 312 g/mol. The van der Waals surface area contributed by atoms with Crippen LogP contribution >= 0.6 is 0 Å². The number of nitrogens with two attached hydrogens (primary N) is 1. The van der Waals surface area contributed by atoms with E-state index in [4.69, 9.17) is 10.5 Å². The van der Waals surface area contributed by atoms with E-state index < -0.39 is 0 Å². The molecule has 2 heterocycles. The fourth-order valence-corrected chi connectivity index (χ4v) is 2.34. The first-order valence-corrected chi connectivity index (χ1v) is 7.53. The Labute approximate surface area is 135 Å². The zero-order chi connectivity index (χ0) is 16.1. The zero-order valence-corrected chi connectivity index (χ0v) is 13.1. The van der Waals surface area contributed by atoms with Crippen LogP contribution in [0.5, 0.6) is 0 Å². The smallest absolute Gasteiger partial charge is 0.151 e. The number of hydrogen-bond acceptors (Lipinski definition) is 7. The first-order chi connectivity index (χ1) is 11.2. The topological polar surface area (TPSA) is 88.7 Å². The summed E-state index contributed by atoms with van der Waals surface area (Å²) in [6.45, 7) is 5.04. The SMILES string of the molecule is C/C(=N\Nc1cc(N2CCOCC2)ncn1)c1cccc(N)c1. The number of nitrogens with one attached hydrogen (secondary N) is 1. The van der Waals surface area contributed by atoms with E-state index in [2.05, 4.69) is 25.4 Å². The molecule has 0 bridgehead atoms. The zero-order valence-electron chi connectivity index (χ0n) is 13.1. The van der Waals surface area contributed by atoms with Crippen molar-refractivity contribution in [3.63, 3.8) is 0 Å². The van der Waals surface area contributed by atoms with Crippen molar-refractivity contribution < 1.29 is 4.74 Å². The maximum Gasteiger partial charge on any atom is 0.151 e. The summed E-state index contributed by atoms with van der Waals surface area (Å²) in [5, 5.41) is 4.37. The van der Waals surface area contributed by atoms with Crippen LogP contribution in [-0.2, 0) is 4.74 Å². The molecule has 23 heavy (non-hydrogen) atoms. The summed E-state index contributed by atoms with van der Waals surface area (Å²) < 4.78 is 5.36. The van der Waals surface area contributed by atoms with E-state index in [0.717, 1.165) is 43.4 Å². The maximum atomic E-state index is 5.79. The lowest BCUT2D eigenvalue weighted by molar-refractivity contribution is 0.122. The van der Waals surface area contributed by atoms with Crippen LogP contribution in [0.1, 0.15) is 12.5 Å². The molecule has 1 aliphatic rings. The number of nitrogens with zero attached hydrogens (tertiary/aromatic N) is 4. The number of hydrogen-bond donors (Lipinski definition) is 2. The third-order valence-electron chi connectivity index (χ3n) is 3.63. The van der Waals surface area contributed by atoms with Crippen LogP contribution in [0.25, 0.3) is 0 Å². The second-order valence-corrected chi connectivity index (χ2v) is 5.30. The van der Waals surface area contributed by atoms with Crippen molar-refractivity contribution in [3.8, 4) is 0 Å². The number of aromatic nitrogens is 2. The van der Waals surface area contributed by atoms with Crippen molar-refractivity contribution in [1.29, 1.82) is 0 Å². The summed E-state index contributed by atoms with van der Waals surface area (Å²) >= 11 is 0. The van der Waals surface area contributed by atoms with Crippen LogP contribution in [0.2, 0.25) is 0 Å².